The van der Waals surface area contributed by atoms with Gasteiger partial charge in [-0.3, -0.25) is 0 Å². The van der Waals surface area contributed by atoms with Crippen LogP contribution >= 0.6 is 0 Å². The minimum Gasteiger partial charge on any atom is -0.388 e. The van der Waals surface area contributed by atoms with Gasteiger partial charge in [0.25, 0.3) is 0 Å². The second kappa shape index (κ2) is 8.49. The highest BCUT2D eigenvalue weighted by atomic mass is 16.5. The summed E-state index contributed by atoms with van der Waals surface area (Å²) in [6, 6.07) is 11.1. The first kappa shape index (κ1) is 18.0. The van der Waals surface area contributed by atoms with Crippen LogP contribution in [0.5, 0.6) is 0 Å². The Morgan fingerprint density at radius 1 is 1.33 bits per heavy atom. The van der Waals surface area contributed by atoms with Crippen molar-refractivity contribution in [2.24, 2.45) is 0 Å². The van der Waals surface area contributed by atoms with Gasteiger partial charge in [-0.15, -0.1) is 0 Å². The van der Waals surface area contributed by atoms with Crippen molar-refractivity contribution in [1.29, 1.82) is 0 Å². The van der Waals surface area contributed by atoms with Gasteiger partial charge in [0.05, 0.1) is 12.6 Å². The highest BCUT2D eigenvalue weighted by molar-refractivity contribution is 5.73. The van der Waals surface area contributed by atoms with Crippen molar-refractivity contribution in [3.63, 3.8) is 0 Å². The summed E-state index contributed by atoms with van der Waals surface area (Å²) < 4.78 is 5.20. The molecule has 2 rings (SSSR count). The van der Waals surface area contributed by atoms with Gasteiger partial charge < -0.3 is 19.8 Å². The number of hydrogen-bond donors (Lipinski definition) is 2. The van der Waals surface area contributed by atoms with Gasteiger partial charge in [0.2, 0.25) is 0 Å². The molecule has 130 valence electrons. The third kappa shape index (κ3) is 5.09. The molecule has 1 atom stereocenters. The lowest BCUT2D eigenvalue weighted by Gasteiger charge is -2.19. The Kier molecular flexibility index (Phi) is 6.37. The van der Waals surface area contributed by atoms with E-state index >= 15 is 0 Å². The van der Waals surface area contributed by atoms with Crippen LogP contribution in [0.1, 0.15) is 49.3 Å². The Morgan fingerprint density at radius 3 is 2.67 bits per heavy atom. The molecule has 2 amide bonds. The molecule has 0 saturated carbocycles. The summed E-state index contributed by atoms with van der Waals surface area (Å²) in [5.74, 6) is 1.07. The largest absolute Gasteiger partial charge is 0.388 e. The van der Waals surface area contributed by atoms with E-state index in [0.717, 1.165) is 11.3 Å². The van der Waals surface area contributed by atoms with Gasteiger partial charge in [0, 0.05) is 25.6 Å². The van der Waals surface area contributed by atoms with Crippen LogP contribution in [0.2, 0.25) is 0 Å². The van der Waals surface area contributed by atoms with E-state index in [-0.39, 0.29) is 11.9 Å². The van der Waals surface area contributed by atoms with E-state index in [1.165, 1.54) is 0 Å². The average Bonchev–Trinajstić information content (AvgIpc) is 3.07. The lowest BCUT2D eigenvalue weighted by molar-refractivity contribution is 0.150. The van der Waals surface area contributed by atoms with E-state index in [0.29, 0.717) is 25.2 Å². The molecule has 2 N–H and O–H groups in total. The zero-order valence-electron chi connectivity index (χ0n) is 14.4. The van der Waals surface area contributed by atoms with Crippen LogP contribution in [-0.4, -0.2) is 34.8 Å². The fourth-order valence-corrected chi connectivity index (χ4v) is 2.24. The van der Waals surface area contributed by atoms with E-state index in [9.17, 15) is 9.90 Å². The standard InChI is InChI=1S/C18H25N3O3/c1-13(2)17-11-15(20-24-17)12-19-18(23)21(3)10-9-16(22)14-7-5-4-6-8-14/h4-8,11,13,16,22H,9-10,12H2,1-3H3,(H,19,23)/t16-/m0/s1. The summed E-state index contributed by atoms with van der Waals surface area (Å²) in [6.07, 6.45) is -0.0966. The molecular weight excluding hydrogens is 306 g/mol. The highest BCUT2D eigenvalue weighted by Gasteiger charge is 2.13. The maximum atomic E-state index is 12.1. The Labute approximate surface area is 142 Å². The quantitative estimate of drug-likeness (QED) is 0.817. The predicted molar refractivity (Wildman–Crippen MR) is 91.5 cm³/mol. The van der Waals surface area contributed by atoms with Crippen LogP contribution in [0, 0.1) is 0 Å². The number of urea groups is 1. The molecule has 0 aliphatic heterocycles. The second-order valence-corrected chi connectivity index (χ2v) is 6.17. The molecule has 0 radical (unpaired) electrons. The molecule has 0 aliphatic rings. The molecule has 24 heavy (non-hydrogen) atoms. The van der Waals surface area contributed by atoms with Gasteiger partial charge in [-0.25, -0.2) is 4.79 Å². The van der Waals surface area contributed by atoms with E-state index in [2.05, 4.69) is 10.5 Å². The van der Waals surface area contributed by atoms with Crippen LogP contribution in [-0.2, 0) is 6.54 Å². The summed E-state index contributed by atoms with van der Waals surface area (Å²) in [5.41, 5.74) is 1.56. The smallest absolute Gasteiger partial charge is 0.317 e. The summed E-state index contributed by atoms with van der Waals surface area (Å²) in [7, 11) is 1.70. The zero-order chi connectivity index (χ0) is 17.5. The summed E-state index contributed by atoms with van der Waals surface area (Å²) in [4.78, 5) is 13.6. The van der Waals surface area contributed by atoms with E-state index in [1.807, 2.05) is 50.2 Å². The van der Waals surface area contributed by atoms with Crippen LogP contribution in [0.25, 0.3) is 0 Å². The number of rotatable bonds is 7. The SMILES string of the molecule is CC(C)c1cc(CNC(=O)N(C)CC[C@H](O)c2ccccc2)no1. The molecule has 6 heteroatoms. The molecule has 2 aromatic rings. The lowest BCUT2D eigenvalue weighted by atomic mass is 10.1. The van der Waals surface area contributed by atoms with Gasteiger partial charge in [0.1, 0.15) is 11.5 Å². The van der Waals surface area contributed by atoms with E-state index in [4.69, 9.17) is 4.52 Å². The zero-order valence-corrected chi connectivity index (χ0v) is 14.4. The van der Waals surface area contributed by atoms with Crippen molar-refractivity contribution < 1.29 is 14.4 Å². The molecule has 0 aliphatic carbocycles. The van der Waals surface area contributed by atoms with Crippen molar-refractivity contribution >= 4 is 6.03 Å². The van der Waals surface area contributed by atoms with Crippen LogP contribution in [0.15, 0.2) is 40.9 Å². The van der Waals surface area contributed by atoms with Crippen molar-refractivity contribution in [3.8, 4) is 0 Å². The molecule has 1 heterocycles. The number of benzene rings is 1. The molecule has 0 unspecified atom stereocenters. The number of nitrogens with one attached hydrogen (secondary N) is 1. The van der Waals surface area contributed by atoms with Crippen molar-refractivity contribution in [2.75, 3.05) is 13.6 Å². The lowest BCUT2D eigenvalue weighted by Crippen LogP contribution is -2.37. The Bertz CT molecular complexity index is 640. The molecule has 6 nitrogen and oxygen atoms in total. The molecular formula is C18H25N3O3. The van der Waals surface area contributed by atoms with Gasteiger partial charge in [-0.1, -0.05) is 49.3 Å². The number of aliphatic hydroxyl groups is 1. The third-order valence-electron chi connectivity index (χ3n) is 3.84. The average molecular weight is 331 g/mol. The second-order valence-electron chi connectivity index (χ2n) is 6.17. The van der Waals surface area contributed by atoms with Crippen molar-refractivity contribution in [1.82, 2.24) is 15.4 Å². The van der Waals surface area contributed by atoms with Gasteiger partial charge in [0.15, 0.2) is 0 Å². The summed E-state index contributed by atoms with van der Waals surface area (Å²) >= 11 is 0. The Morgan fingerprint density at radius 2 is 2.04 bits per heavy atom. The summed E-state index contributed by atoms with van der Waals surface area (Å²) in [5, 5.41) is 16.9. The fraction of sp³-hybridized carbons (Fsp3) is 0.444. The van der Waals surface area contributed by atoms with E-state index in [1.54, 1.807) is 11.9 Å². The first-order chi connectivity index (χ1) is 11.5. The Balaban J connectivity index is 1.75. The van der Waals surface area contributed by atoms with Crippen LogP contribution < -0.4 is 5.32 Å². The number of aliphatic hydroxyl groups excluding tert-OH is 1. The van der Waals surface area contributed by atoms with Gasteiger partial charge >= 0.3 is 6.03 Å². The number of hydrogen-bond acceptors (Lipinski definition) is 4. The van der Waals surface area contributed by atoms with E-state index < -0.39 is 6.10 Å². The monoisotopic (exact) mass is 331 g/mol. The maximum Gasteiger partial charge on any atom is 0.317 e. The maximum absolute atomic E-state index is 12.1. The predicted octanol–water partition coefficient (Wildman–Crippen LogP) is 3.06. The first-order valence-corrected chi connectivity index (χ1v) is 8.15. The molecule has 1 aromatic heterocycles. The Hall–Kier alpha value is -2.34. The summed E-state index contributed by atoms with van der Waals surface area (Å²) in [6.45, 7) is 4.82. The number of amides is 2. The topological polar surface area (TPSA) is 78.6 Å². The van der Waals surface area contributed by atoms with Crippen LogP contribution in [0.4, 0.5) is 4.79 Å². The minimum absolute atomic E-state index is 0.204. The third-order valence-corrected chi connectivity index (χ3v) is 3.84. The molecule has 0 saturated heterocycles. The van der Waals surface area contributed by atoms with Gasteiger partial charge in [-0.05, 0) is 12.0 Å². The number of carbonyl (C=O) groups excluding carboxylic acids is 1. The van der Waals surface area contributed by atoms with Gasteiger partial charge in [-0.2, -0.15) is 0 Å². The molecule has 1 aromatic carbocycles. The molecule has 0 fully saturated rings. The first-order valence-electron chi connectivity index (χ1n) is 8.15. The number of aromatic nitrogens is 1. The number of carbonyl (C=O) groups is 1. The van der Waals surface area contributed by atoms with Crippen molar-refractivity contribution in [3.05, 3.63) is 53.4 Å². The molecule has 0 bridgehead atoms. The van der Waals surface area contributed by atoms with Crippen molar-refractivity contribution in [2.45, 2.75) is 38.8 Å². The van der Waals surface area contributed by atoms with Crippen LogP contribution in [0.3, 0.4) is 0 Å². The highest BCUT2D eigenvalue weighted by Crippen LogP contribution is 2.16. The normalized spacial score (nSPS) is 12.2. The fourth-order valence-electron chi connectivity index (χ4n) is 2.24. The minimum atomic E-state index is -0.578. The number of nitrogens with zero attached hydrogens (tertiary/aromatic N) is 2. The molecule has 0 spiro atoms.